The summed E-state index contributed by atoms with van der Waals surface area (Å²) in [7, 11) is 1.28. The predicted octanol–water partition coefficient (Wildman–Crippen LogP) is 4.44. The number of rotatable bonds is 13. The van der Waals surface area contributed by atoms with Crippen LogP contribution in [0.1, 0.15) is 36.6 Å². The molecule has 0 fully saturated rings. The Morgan fingerprint density at radius 3 is 2.63 bits per heavy atom. The van der Waals surface area contributed by atoms with Gasteiger partial charge in [0.05, 0.1) is 31.5 Å². The number of methoxy groups -OCH3 is 1. The van der Waals surface area contributed by atoms with Gasteiger partial charge in [-0.15, -0.1) is 0 Å². The van der Waals surface area contributed by atoms with Gasteiger partial charge in [-0.1, -0.05) is 41.9 Å². The molecule has 0 aliphatic carbocycles. The summed E-state index contributed by atoms with van der Waals surface area (Å²) in [4.78, 5) is 24.6. The number of hydrazone groups is 1. The lowest BCUT2D eigenvalue weighted by Gasteiger charge is -2.28. The number of allylic oxidation sites excluding steroid dienone is 1. The van der Waals surface area contributed by atoms with Crippen molar-refractivity contribution in [1.29, 1.82) is 0 Å². The van der Waals surface area contributed by atoms with Gasteiger partial charge in [0.1, 0.15) is 19.0 Å². The second kappa shape index (κ2) is 14.9. The van der Waals surface area contributed by atoms with Gasteiger partial charge >= 0.3 is 12.0 Å². The Kier molecular flexibility index (Phi) is 10.8. The summed E-state index contributed by atoms with van der Waals surface area (Å²) in [5.41, 5.74) is 5.64. The molecule has 1 aliphatic heterocycles. The van der Waals surface area contributed by atoms with Gasteiger partial charge in [-0.25, -0.2) is 9.59 Å². The quantitative estimate of drug-likeness (QED) is 0.0967. The summed E-state index contributed by atoms with van der Waals surface area (Å²) in [5, 5.41) is 20.5. The largest absolute Gasteiger partial charge is 0.490 e. The SMILES string of the molecule is CCOc1cc([C@@H]2NC(=O)NC(C)=C2C(=O)OC)ccc1OC[C@H](O)N/N=C/c1cccc(OCc2ccc(Cl)cc2)c1. The average molecular weight is 609 g/mol. The second-order valence-corrected chi connectivity index (χ2v) is 9.84. The van der Waals surface area contributed by atoms with Crippen LogP contribution in [0.4, 0.5) is 4.79 Å². The van der Waals surface area contributed by atoms with Crippen LogP contribution in [0, 0.1) is 0 Å². The molecule has 0 radical (unpaired) electrons. The molecule has 0 saturated carbocycles. The average Bonchev–Trinajstić information content (AvgIpc) is 3.00. The molecular weight excluding hydrogens is 576 g/mol. The number of hydrogen-bond donors (Lipinski definition) is 4. The van der Waals surface area contributed by atoms with Gasteiger partial charge in [0.15, 0.2) is 17.7 Å². The molecule has 4 N–H and O–H groups in total. The summed E-state index contributed by atoms with van der Waals surface area (Å²) in [6.45, 7) is 4.03. The maximum Gasteiger partial charge on any atom is 0.337 e. The highest BCUT2D eigenvalue weighted by Gasteiger charge is 2.32. The van der Waals surface area contributed by atoms with Crippen LogP contribution < -0.4 is 30.3 Å². The first-order valence-electron chi connectivity index (χ1n) is 13.5. The summed E-state index contributed by atoms with van der Waals surface area (Å²) in [5.74, 6) is 0.839. The number of hydrogen-bond acceptors (Lipinski definition) is 9. The van der Waals surface area contributed by atoms with Gasteiger partial charge in [-0.05, 0) is 66.9 Å². The van der Waals surface area contributed by atoms with Gasteiger partial charge in [-0.3, -0.25) is 5.43 Å². The molecule has 0 unspecified atom stereocenters. The third-order valence-corrected chi connectivity index (χ3v) is 6.54. The Morgan fingerprint density at radius 1 is 1.09 bits per heavy atom. The Morgan fingerprint density at radius 2 is 1.88 bits per heavy atom. The molecule has 0 aromatic heterocycles. The van der Waals surface area contributed by atoms with Crippen LogP contribution in [0.25, 0.3) is 0 Å². The molecule has 3 aromatic carbocycles. The van der Waals surface area contributed by atoms with Gasteiger partial charge in [0, 0.05) is 10.7 Å². The van der Waals surface area contributed by atoms with Gasteiger partial charge in [-0.2, -0.15) is 5.10 Å². The summed E-state index contributed by atoms with van der Waals surface area (Å²) in [6, 6.07) is 18.6. The van der Waals surface area contributed by atoms with E-state index in [4.69, 9.17) is 30.5 Å². The van der Waals surface area contributed by atoms with Crippen molar-refractivity contribution < 1.29 is 33.6 Å². The van der Waals surface area contributed by atoms with E-state index in [2.05, 4.69) is 21.2 Å². The maximum absolute atomic E-state index is 12.4. The van der Waals surface area contributed by atoms with E-state index in [0.717, 1.165) is 11.1 Å². The fraction of sp³-hybridized carbons (Fsp3) is 0.258. The molecular formula is C31H33ClN4O7. The van der Waals surface area contributed by atoms with E-state index in [1.807, 2.05) is 55.5 Å². The molecule has 43 heavy (non-hydrogen) atoms. The van der Waals surface area contributed by atoms with Crippen LogP contribution in [0.15, 0.2) is 83.1 Å². The zero-order valence-corrected chi connectivity index (χ0v) is 24.7. The highest BCUT2D eigenvalue weighted by atomic mass is 35.5. The van der Waals surface area contributed by atoms with Gasteiger partial charge < -0.3 is 34.7 Å². The van der Waals surface area contributed by atoms with E-state index in [0.29, 0.717) is 46.7 Å². The number of esters is 1. The molecule has 1 heterocycles. The molecule has 0 spiro atoms. The number of halogens is 1. The Labute approximate surface area is 254 Å². The number of ether oxygens (including phenoxy) is 4. The van der Waals surface area contributed by atoms with Crippen LogP contribution >= 0.6 is 11.6 Å². The molecule has 2 amide bonds. The standard InChI is InChI=1S/C31H33ClN4O7/c1-4-41-26-15-22(29-28(30(38)40-3)19(2)34-31(39)35-29)10-13-25(26)43-18-27(37)36-33-16-21-6-5-7-24(14-21)42-17-20-8-11-23(32)12-9-20/h5-16,27,29,36-37H,4,17-18H2,1-3H3,(H2,34,35,39)/b33-16+/t27-,29-/m0/s1. The van der Waals surface area contributed by atoms with Crippen molar-refractivity contribution in [2.24, 2.45) is 5.10 Å². The van der Waals surface area contributed by atoms with E-state index in [1.54, 1.807) is 31.3 Å². The minimum absolute atomic E-state index is 0.141. The Bertz CT molecular complexity index is 1490. The molecule has 0 saturated heterocycles. The first-order valence-corrected chi connectivity index (χ1v) is 13.8. The molecule has 4 rings (SSSR count). The number of aliphatic hydroxyl groups excluding tert-OH is 1. The molecule has 12 heteroatoms. The summed E-state index contributed by atoms with van der Waals surface area (Å²) in [6.07, 6.45) is 0.426. The number of nitrogens with zero attached hydrogens (tertiary/aromatic N) is 1. The number of nitrogens with one attached hydrogen (secondary N) is 3. The number of amides is 2. The van der Waals surface area contributed by atoms with Crippen LogP contribution in [-0.4, -0.2) is 49.9 Å². The van der Waals surface area contributed by atoms with E-state index in [-0.39, 0.29) is 12.2 Å². The number of urea groups is 1. The fourth-order valence-corrected chi connectivity index (χ4v) is 4.38. The monoisotopic (exact) mass is 608 g/mol. The molecule has 11 nitrogen and oxygen atoms in total. The van der Waals surface area contributed by atoms with E-state index in [9.17, 15) is 14.7 Å². The van der Waals surface area contributed by atoms with Gasteiger partial charge in [0.2, 0.25) is 0 Å². The molecule has 3 aromatic rings. The number of aliphatic hydroxyl groups is 1. The van der Waals surface area contributed by atoms with Crippen molar-refractivity contribution in [2.75, 3.05) is 20.3 Å². The highest BCUT2D eigenvalue weighted by Crippen LogP contribution is 2.35. The fourth-order valence-electron chi connectivity index (χ4n) is 4.25. The first kappa shape index (κ1) is 31.2. The smallest absolute Gasteiger partial charge is 0.337 e. The third-order valence-electron chi connectivity index (χ3n) is 6.29. The topological polar surface area (TPSA) is 140 Å². The molecule has 0 bridgehead atoms. The minimum atomic E-state index is -1.13. The van der Waals surface area contributed by atoms with Crippen molar-refractivity contribution in [3.63, 3.8) is 0 Å². The number of carbonyl (C=O) groups excluding carboxylic acids is 2. The number of benzene rings is 3. The van der Waals surface area contributed by atoms with Crippen LogP contribution in [0.3, 0.4) is 0 Å². The highest BCUT2D eigenvalue weighted by molar-refractivity contribution is 6.30. The second-order valence-electron chi connectivity index (χ2n) is 9.40. The van der Waals surface area contributed by atoms with E-state index < -0.39 is 24.3 Å². The van der Waals surface area contributed by atoms with Gasteiger partial charge in [0.25, 0.3) is 0 Å². The van der Waals surface area contributed by atoms with Crippen LogP contribution in [0.2, 0.25) is 5.02 Å². The minimum Gasteiger partial charge on any atom is -0.490 e. The van der Waals surface area contributed by atoms with Crippen molar-refractivity contribution >= 4 is 29.8 Å². The zero-order chi connectivity index (χ0) is 30.8. The first-order chi connectivity index (χ1) is 20.8. The lowest BCUT2D eigenvalue weighted by atomic mass is 9.95. The van der Waals surface area contributed by atoms with Crippen LogP contribution in [-0.2, 0) is 16.1 Å². The normalized spacial score (nSPS) is 15.4. The van der Waals surface area contributed by atoms with E-state index in [1.165, 1.54) is 7.11 Å². The summed E-state index contributed by atoms with van der Waals surface area (Å²) >= 11 is 5.93. The molecule has 1 aliphatic rings. The molecule has 2 atom stereocenters. The summed E-state index contributed by atoms with van der Waals surface area (Å²) < 4.78 is 22.3. The predicted molar refractivity (Wildman–Crippen MR) is 161 cm³/mol. The van der Waals surface area contributed by atoms with Crippen molar-refractivity contribution in [2.45, 2.75) is 32.7 Å². The van der Waals surface area contributed by atoms with E-state index >= 15 is 0 Å². The maximum atomic E-state index is 12.4. The zero-order valence-electron chi connectivity index (χ0n) is 23.9. The lowest BCUT2D eigenvalue weighted by molar-refractivity contribution is -0.136. The lowest BCUT2D eigenvalue weighted by Crippen LogP contribution is -2.45. The third kappa shape index (κ3) is 8.63. The van der Waals surface area contributed by atoms with Crippen molar-refractivity contribution in [1.82, 2.24) is 16.1 Å². The van der Waals surface area contributed by atoms with Crippen LogP contribution in [0.5, 0.6) is 17.2 Å². The van der Waals surface area contributed by atoms with Crippen molar-refractivity contribution in [3.8, 4) is 17.2 Å². The molecule has 226 valence electrons. The van der Waals surface area contributed by atoms with Crippen molar-refractivity contribution in [3.05, 3.63) is 99.7 Å². The number of carbonyl (C=O) groups is 2. The Hall–Kier alpha value is -4.74. The Balaban J connectivity index is 1.35.